The molecule has 2 aliphatic rings. The molecule has 1 unspecified atom stereocenters. The summed E-state index contributed by atoms with van der Waals surface area (Å²) in [6, 6.07) is 4.41. The molecule has 0 bridgehead atoms. The number of aryl methyl sites for hydroxylation is 3. The first kappa shape index (κ1) is 16.0. The number of nitrogens with one attached hydrogen (secondary N) is 2. The van der Waals surface area contributed by atoms with Gasteiger partial charge in [0.1, 0.15) is 11.5 Å². The van der Waals surface area contributed by atoms with Gasteiger partial charge in [-0.3, -0.25) is 0 Å². The van der Waals surface area contributed by atoms with E-state index in [1.54, 1.807) is 7.11 Å². The van der Waals surface area contributed by atoms with Gasteiger partial charge in [0.25, 0.3) is 0 Å². The molecule has 4 nitrogen and oxygen atoms in total. The van der Waals surface area contributed by atoms with Crippen LogP contribution in [0.15, 0.2) is 34.7 Å². The first-order chi connectivity index (χ1) is 12.0. The number of ether oxygens (including phenoxy) is 1. The SMILES string of the molecule is COC1=CC(c2cc3c([nH]2)CCC(C)C3)=N/C1=C\c1[nH]c(C)cc1C. The first-order valence-corrected chi connectivity index (χ1v) is 8.97. The third kappa shape index (κ3) is 2.97. The fraction of sp³-hybridized carbons (Fsp3) is 0.381. The number of aromatic nitrogens is 2. The van der Waals surface area contributed by atoms with Crippen LogP contribution in [0.2, 0.25) is 0 Å². The van der Waals surface area contributed by atoms with E-state index >= 15 is 0 Å². The Balaban J connectivity index is 1.69. The first-order valence-electron chi connectivity index (χ1n) is 8.97. The van der Waals surface area contributed by atoms with Crippen molar-refractivity contribution in [2.45, 2.75) is 40.0 Å². The Labute approximate surface area is 148 Å². The van der Waals surface area contributed by atoms with Crippen molar-refractivity contribution >= 4 is 11.8 Å². The zero-order valence-electron chi connectivity index (χ0n) is 15.4. The maximum absolute atomic E-state index is 5.56. The van der Waals surface area contributed by atoms with Crippen molar-refractivity contribution in [2.75, 3.05) is 7.11 Å². The molecule has 0 aromatic carbocycles. The highest BCUT2D eigenvalue weighted by Gasteiger charge is 2.22. The molecule has 1 aliphatic carbocycles. The number of rotatable bonds is 3. The number of nitrogens with zero attached hydrogens (tertiary/aromatic N) is 1. The number of fused-ring (bicyclic) bond motifs is 1. The topological polar surface area (TPSA) is 53.2 Å². The van der Waals surface area contributed by atoms with Gasteiger partial charge in [0.2, 0.25) is 0 Å². The average Bonchev–Trinajstić information content (AvgIpc) is 3.24. The van der Waals surface area contributed by atoms with Crippen LogP contribution in [0, 0.1) is 19.8 Å². The zero-order valence-corrected chi connectivity index (χ0v) is 15.4. The van der Waals surface area contributed by atoms with Crippen molar-refractivity contribution in [3.8, 4) is 0 Å². The molecule has 130 valence electrons. The largest absolute Gasteiger partial charge is 0.494 e. The summed E-state index contributed by atoms with van der Waals surface area (Å²) in [4.78, 5) is 11.8. The summed E-state index contributed by atoms with van der Waals surface area (Å²) in [7, 11) is 1.70. The van der Waals surface area contributed by atoms with Crippen LogP contribution in [0.25, 0.3) is 6.08 Å². The van der Waals surface area contributed by atoms with Crippen molar-refractivity contribution in [3.63, 3.8) is 0 Å². The smallest absolute Gasteiger partial charge is 0.146 e. The summed E-state index contributed by atoms with van der Waals surface area (Å²) in [5, 5.41) is 0. The minimum atomic E-state index is 0.765. The van der Waals surface area contributed by atoms with Gasteiger partial charge in [-0.25, -0.2) is 4.99 Å². The van der Waals surface area contributed by atoms with Crippen molar-refractivity contribution in [3.05, 3.63) is 63.6 Å². The fourth-order valence-electron chi connectivity index (χ4n) is 3.81. The van der Waals surface area contributed by atoms with E-state index in [4.69, 9.17) is 9.73 Å². The van der Waals surface area contributed by atoms with Gasteiger partial charge in [-0.1, -0.05) is 6.92 Å². The van der Waals surface area contributed by atoms with E-state index in [0.29, 0.717) is 0 Å². The van der Waals surface area contributed by atoms with E-state index in [0.717, 1.165) is 53.0 Å². The molecule has 4 heteroatoms. The number of methoxy groups -OCH3 is 1. The van der Waals surface area contributed by atoms with Crippen LogP contribution in [0.4, 0.5) is 0 Å². The lowest BCUT2D eigenvalue weighted by molar-refractivity contribution is 0.303. The van der Waals surface area contributed by atoms with Crippen LogP contribution in [0.5, 0.6) is 0 Å². The molecule has 0 spiro atoms. The highest BCUT2D eigenvalue weighted by molar-refractivity contribution is 6.11. The zero-order chi connectivity index (χ0) is 17.6. The van der Waals surface area contributed by atoms with Gasteiger partial charge in [-0.15, -0.1) is 0 Å². The Morgan fingerprint density at radius 2 is 2.08 bits per heavy atom. The predicted octanol–water partition coefficient (Wildman–Crippen LogP) is 4.46. The average molecular weight is 335 g/mol. The van der Waals surface area contributed by atoms with Crippen LogP contribution >= 0.6 is 0 Å². The second-order valence-corrected chi connectivity index (χ2v) is 7.32. The molecule has 0 amide bonds. The van der Waals surface area contributed by atoms with Crippen LogP contribution in [0.3, 0.4) is 0 Å². The molecule has 2 aromatic heterocycles. The Kier molecular flexibility index (Phi) is 3.91. The number of aromatic amines is 2. The molecule has 4 rings (SSSR count). The quantitative estimate of drug-likeness (QED) is 0.855. The third-order valence-corrected chi connectivity index (χ3v) is 5.18. The van der Waals surface area contributed by atoms with Crippen LogP contribution in [-0.2, 0) is 17.6 Å². The summed E-state index contributed by atoms with van der Waals surface area (Å²) in [5.74, 6) is 1.57. The molecule has 2 aromatic rings. The van der Waals surface area contributed by atoms with Crippen LogP contribution in [0.1, 0.15) is 47.2 Å². The minimum absolute atomic E-state index is 0.765. The molecule has 0 saturated heterocycles. The van der Waals surface area contributed by atoms with Gasteiger partial charge in [-0.05, 0) is 68.4 Å². The normalized spacial score (nSPS) is 21.3. The summed E-state index contributed by atoms with van der Waals surface area (Å²) >= 11 is 0. The Morgan fingerprint density at radius 1 is 1.24 bits per heavy atom. The lowest BCUT2D eigenvalue weighted by Crippen LogP contribution is -2.09. The van der Waals surface area contributed by atoms with Gasteiger partial charge in [0, 0.05) is 23.2 Å². The van der Waals surface area contributed by atoms with E-state index in [1.165, 1.54) is 23.2 Å². The van der Waals surface area contributed by atoms with E-state index in [9.17, 15) is 0 Å². The van der Waals surface area contributed by atoms with Gasteiger partial charge >= 0.3 is 0 Å². The van der Waals surface area contributed by atoms with Gasteiger partial charge in [-0.2, -0.15) is 0 Å². The summed E-state index contributed by atoms with van der Waals surface area (Å²) in [6.45, 7) is 6.49. The van der Waals surface area contributed by atoms with E-state index < -0.39 is 0 Å². The summed E-state index contributed by atoms with van der Waals surface area (Å²) < 4.78 is 5.56. The van der Waals surface area contributed by atoms with E-state index in [2.05, 4.69) is 48.9 Å². The maximum atomic E-state index is 5.56. The van der Waals surface area contributed by atoms with Crippen LogP contribution in [-0.4, -0.2) is 22.8 Å². The maximum Gasteiger partial charge on any atom is 0.146 e. The van der Waals surface area contributed by atoms with Gasteiger partial charge in [0.05, 0.1) is 18.5 Å². The second kappa shape index (κ2) is 6.10. The summed E-state index contributed by atoms with van der Waals surface area (Å²) in [6.07, 6.45) is 7.64. The minimum Gasteiger partial charge on any atom is -0.494 e. The number of hydrogen-bond acceptors (Lipinski definition) is 2. The molecule has 2 N–H and O–H groups in total. The fourth-order valence-corrected chi connectivity index (χ4v) is 3.81. The molecule has 1 aliphatic heterocycles. The molecular weight excluding hydrogens is 310 g/mol. The van der Waals surface area contributed by atoms with Gasteiger partial charge in [0.15, 0.2) is 0 Å². The molecule has 0 saturated carbocycles. The predicted molar refractivity (Wildman–Crippen MR) is 102 cm³/mol. The Hall–Kier alpha value is -2.49. The van der Waals surface area contributed by atoms with Gasteiger partial charge < -0.3 is 14.7 Å². The number of aliphatic imine (C=N–C) groups is 1. The Morgan fingerprint density at radius 3 is 2.80 bits per heavy atom. The lowest BCUT2D eigenvalue weighted by atomic mass is 9.89. The molecular formula is C21H25N3O. The van der Waals surface area contributed by atoms with Crippen molar-refractivity contribution in [1.82, 2.24) is 9.97 Å². The van der Waals surface area contributed by atoms with Crippen molar-refractivity contribution in [2.24, 2.45) is 10.9 Å². The second-order valence-electron chi connectivity index (χ2n) is 7.32. The third-order valence-electron chi connectivity index (χ3n) is 5.18. The standard InChI is InChI=1S/C21H25N3O/c1-12-5-6-16-15(7-12)9-18(23-16)19-11-21(25-4)20(24-19)10-17-13(2)8-14(3)22-17/h8-12,22-23H,5-7H2,1-4H3/b20-10-. The van der Waals surface area contributed by atoms with Crippen LogP contribution < -0.4 is 0 Å². The number of hydrogen-bond donors (Lipinski definition) is 2. The molecule has 0 radical (unpaired) electrons. The Bertz CT molecular complexity index is 908. The van der Waals surface area contributed by atoms with Crippen molar-refractivity contribution < 1.29 is 4.74 Å². The monoisotopic (exact) mass is 335 g/mol. The molecule has 25 heavy (non-hydrogen) atoms. The molecule has 1 atom stereocenters. The number of allylic oxidation sites excluding steroid dienone is 1. The highest BCUT2D eigenvalue weighted by Crippen LogP contribution is 2.29. The van der Waals surface area contributed by atoms with E-state index in [1.807, 2.05) is 6.08 Å². The van der Waals surface area contributed by atoms with Crippen molar-refractivity contribution in [1.29, 1.82) is 0 Å². The number of H-pyrrole nitrogens is 2. The highest BCUT2D eigenvalue weighted by atomic mass is 16.5. The summed E-state index contributed by atoms with van der Waals surface area (Å²) in [5.41, 5.74) is 9.17. The molecule has 0 fully saturated rings. The van der Waals surface area contributed by atoms with E-state index in [-0.39, 0.29) is 0 Å². The lowest BCUT2D eigenvalue weighted by Gasteiger charge is -2.17. The molecule has 3 heterocycles.